The SMILES string of the molecule is Cc1cc(C(=O)N2Cc3c(C(=O)NCc4ccccc4-c4ncccn4)n(-c4ccc5c(cnn5C5CCC5)c4)c(=O)n3C[C@H]2C)ccc1Br. The minimum atomic E-state index is -0.425. The van der Waals surface area contributed by atoms with Crippen molar-refractivity contribution in [2.75, 3.05) is 0 Å². The van der Waals surface area contributed by atoms with Gasteiger partial charge in [0.15, 0.2) is 5.82 Å². The molecule has 8 rings (SSSR count). The summed E-state index contributed by atoms with van der Waals surface area (Å²) >= 11 is 3.52. The van der Waals surface area contributed by atoms with Gasteiger partial charge in [-0.05, 0) is 86.7 Å². The van der Waals surface area contributed by atoms with Crippen molar-refractivity contribution in [2.24, 2.45) is 0 Å². The number of carbonyl (C=O) groups excluding carboxylic acids is 2. The number of nitrogens with one attached hydrogen (secondary N) is 1. The van der Waals surface area contributed by atoms with Crippen LogP contribution in [0.2, 0.25) is 0 Å². The first-order chi connectivity index (χ1) is 24.3. The summed E-state index contributed by atoms with van der Waals surface area (Å²) in [6.07, 6.45) is 8.57. The van der Waals surface area contributed by atoms with E-state index in [0.29, 0.717) is 28.8 Å². The zero-order valence-corrected chi connectivity index (χ0v) is 29.3. The lowest BCUT2D eigenvalue weighted by Gasteiger charge is -2.34. The molecular formula is C38H35BrN8O3. The fraction of sp³-hybridized carbons (Fsp3) is 0.263. The summed E-state index contributed by atoms with van der Waals surface area (Å²) in [5.74, 6) is -0.0311. The molecule has 6 aromatic rings. The number of amides is 2. The highest BCUT2D eigenvalue weighted by Gasteiger charge is 2.35. The van der Waals surface area contributed by atoms with Crippen molar-refractivity contribution < 1.29 is 9.59 Å². The van der Waals surface area contributed by atoms with E-state index in [1.165, 1.54) is 11.0 Å². The van der Waals surface area contributed by atoms with Crippen molar-refractivity contribution in [3.8, 4) is 17.1 Å². The van der Waals surface area contributed by atoms with Gasteiger partial charge in [0.05, 0.1) is 35.7 Å². The number of carbonyl (C=O) groups is 2. The van der Waals surface area contributed by atoms with E-state index in [9.17, 15) is 14.4 Å². The molecule has 0 unspecified atom stereocenters. The van der Waals surface area contributed by atoms with Crippen LogP contribution in [0.15, 0.2) is 94.6 Å². The Bertz CT molecular complexity index is 2340. The van der Waals surface area contributed by atoms with Gasteiger partial charge in [0, 0.05) is 52.5 Å². The second kappa shape index (κ2) is 12.8. The Morgan fingerprint density at radius 2 is 1.80 bits per heavy atom. The lowest BCUT2D eigenvalue weighted by atomic mass is 9.93. The van der Waals surface area contributed by atoms with Crippen LogP contribution in [0.25, 0.3) is 28.0 Å². The molecule has 1 fully saturated rings. The van der Waals surface area contributed by atoms with Crippen LogP contribution in [-0.4, -0.2) is 51.6 Å². The van der Waals surface area contributed by atoms with Crippen LogP contribution in [-0.2, 0) is 19.6 Å². The quantitative estimate of drug-likeness (QED) is 0.209. The highest BCUT2D eigenvalue weighted by molar-refractivity contribution is 9.10. The Hall–Kier alpha value is -5.36. The number of fused-ring (bicyclic) bond motifs is 2. The van der Waals surface area contributed by atoms with E-state index >= 15 is 0 Å². The van der Waals surface area contributed by atoms with Crippen LogP contribution in [0, 0.1) is 6.92 Å². The first-order valence-electron chi connectivity index (χ1n) is 16.8. The third-order valence-corrected chi connectivity index (χ3v) is 10.8. The number of hydrogen-bond donors (Lipinski definition) is 1. The summed E-state index contributed by atoms with van der Waals surface area (Å²) in [5.41, 5.74) is 5.04. The number of nitrogens with zero attached hydrogens (tertiary/aromatic N) is 7. The van der Waals surface area contributed by atoms with Crippen molar-refractivity contribution >= 4 is 38.6 Å². The maximum absolute atomic E-state index is 14.4. The largest absolute Gasteiger partial charge is 0.347 e. The molecule has 50 heavy (non-hydrogen) atoms. The molecule has 11 nitrogen and oxygen atoms in total. The molecule has 1 aliphatic carbocycles. The van der Waals surface area contributed by atoms with Crippen LogP contribution in [0.5, 0.6) is 0 Å². The molecule has 0 bridgehead atoms. The summed E-state index contributed by atoms with van der Waals surface area (Å²) in [5, 5.41) is 8.63. The number of aryl methyl sites for hydroxylation is 1. The third kappa shape index (κ3) is 5.53. The fourth-order valence-corrected chi connectivity index (χ4v) is 7.24. The fourth-order valence-electron chi connectivity index (χ4n) is 7.00. The van der Waals surface area contributed by atoms with Crippen molar-refractivity contribution in [1.82, 2.24) is 39.1 Å². The number of rotatable bonds is 7. The number of imidazole rings is 1. The van der Waals surface area contributed by atoms with E-state index < -0.39 is 5.91 Å². The molecule has 1 aliphatic heterocycles. The van der Waals surface area contributed by atoms with Gasteiger partial charge in [0.25, 0.3) is 11.8 Å². The minimum absolute atomic E-state index is 0.0937. The van der Waals surface area contributed by atoms with E-state index in [1.807, 2.05) is 74.6 Å². The van der Waals surface area contributed by atoms with Crippen LogP contribution in [0.1, 0.15) is 69.9 Å². The van der Waals surface area contributed by atoms with Crippen molar-refractivity contribution in [3.63, 3.8) is 0 Å². The Kier molecular flexibility index (Phi) is 8.18. The van der Waals surface area contributed by atoms with Gasteiger partial charge in [-0.25, -0.2) is 14.8 Å². The molecule has 3 aromatic carbocycles. The smallest absolute Gasteiger partial charge is 0.333 e. The molecular weight excluding hydrogens is 696 g/mol. The first kappa shape index (κ1) is 31.9. The van der Waals surface area contributed by atoms with Gasteiger partial charge < -0.3 is 10.2 Å². The van der Waals surface area contributed by atoms with Gasteiger partial charge in [0.2, 0.25) is 0 Å². The van der Waals surface area contributed by atoms with Crippen LogP contribution >= 0.6 is 15.9 Å². The maximum Gasteiger partial charge on any atom is 0.333 e. The highest BCUT2D eigenvalue weighted by Crippen LogP contribution is 2.34. The van der Waals surface area contributed by atoms with Gasteiger partial charge >= 0.3 is 5.69 Å². The second-order valence-electron chi connectivity index (χ2n) is 13.1. The molecule has 252 valence electrons. The van der Waals surface area contributed by atoms with Crippen LogP contribution in [0.3, 0.4) is 0 Å². The Morgan fingerprint density at radius 3 is 2.56 bits per heavy atom. The lowest BCUT2D eigenvalue weighted by Crippen LogP contribution is -2.47. The molecule has 1 N–H and O–H groups in total. The van der Waals surface area contributed by atoms with E-state index in [1.54, 1.807) is 34.0 Å². The lowest BCUT2D eigenvalue weighted by molar-refractivity contribution is 0.0610. The second-order valence-corrected chi connectivity index (χ2v) is 14.0. The van der Waals surface area contributed by atoms with E-state index in [-0.39, 0.29) is 43.0 Å². The highest BCUT2D eigenvalue weighted by atomic mass is 79.9. The summed E-state index contributed by atoms with van der Waals surface area (Å²) in [6, 6.07) is 20.8. The standard InChI is InChI=1S/C38H35BrN8O3/c1-23-17-25(11-13-31(23)39)37(49)44-22-33-34(36(48)42-19-26-7-3-4-10-30(26)35-40-15-6-16-41-35)46(38(50)45(33)21-24(44)2)29-12-14-32-27(18-29)20-43-47(32)28-8-5-9-28/h3-4,6-7,10-18,20,24,28H,5,8-9,19,21-22H2,1-2H3,(H,42,48)/t24-/m1/s1. The molecule has 2 aliphatic rings. The van der Waals surface area contributed by atoms with Crippen LogP contribution in [0.4, 0.5) is 0 Å². The topological polar surface area (TPSA) is 120 Å². The number of hydrogen-bond acceptors (Lipinski definition) is 6. The Morgan fingerprint density at radius 1 is 1.00 bits per heavy atom. The minimum Gasteiger partial charge on any atom is -0.347 e. The number of benzene rings is 3. The van der Waals surface area contributed by atoms with Crippen molar-refractivity contribution in [2.45, 2.75) is 64.8 Å². The molecule has 2 amide bonds. The average molecular weight is 732 g/mol. The van der Waals surface area contributed by atoms with E-state index in [0.717, 1.165) is 44.9 Å². The van der Waals surface area contributed by atoms with Crippen LogP contribution < -0.4 is 11.0 Å². The molecule has 0 spiro atoms. The molecule has 1 saturated carbocycles. The molecule has 0 saturated heterocycles. The van der Waals surface area contributed by atoms with Gasteiger partial charge in [-0.15, -0.1) is 0 Å². The predicted molar refractivity (Wildman–Crippen MR) is 193 cm³/mol. The normalized spacial score (nSPS) is 15.9. The molecule has 12 heteroatoms. The van der Waals surface area contributed by atoms with Gasteiger partial charge in [-0.2, -0.15) is 5.10 Å². The van der Waals surface area contributed by atoms with Crippen molar-refractivity contribution in [1.29, 1.82) is 0 Å². The predicted octanol–water partition coefficient (Wildman–Crippen LogP) is 6.22. The zero-order valence-electron chi connectivity index (χ0n) is 27.7. The summed E-state index contributed by atoms with van der Waals surface area (Å²) in [7, 11) is 0. The number of halogens is 1. The summed E-state index contributed by atoms with van der Waals surface area (Å²) in [6.45, 7) is 4.39. The average Bonchev–Trinajstić information content (AvgIpc) is 3.65. The van der Waals surface area contributed by atoms with E-state index in [4.69, 9.17) is 0 Å². The molecule has 3 aromatic heterocycles. The monoisotopic (exact) mass is 730 g/mol. The Labute approximate surface area is 296 Å². The molecule has 1 atom stereocenters. The third-order valence-electron chi connectivity index (χ3n) is 9.95. The van der Waals surface area contributed by atoms with Crippen molar-refractivity contribution in [3.05, 3.63) is 128 Å². The first-order valence-corrected chi connectivity index (χ1v) is 17.6. The number of aromatic nitrogens is 6. The van der Waals surface area contributed by atoms with Gasteiger partial charge in [0.1, 0.15) is 5.69 Å². The maximum atomic E-state index is 14.4. The summed E-state index contributed by atoms with van der Waals surface area (Å²) < 4.78 is 6.11. The van der Waals surface area contributed by atoms with E-state index in [2.05, 4.69) is 41.0 Å². The molecule has 0 radical (unpaired) electrons. The summed E-state index contributed by atoms with van der Waals surface area (Å²) in [4.78, 5) is 53.2. The Balaban J connectivity index is 1.20. The molecule has 4 heterocycles. The zero-order chi connectivity index (χ0) is 34.5. The van der Waals surface area contributed by atoms with Gasteiger partial charge in [-0.1, -0.05) is 40.2 Å². The van der Waals surface area contributed by atoms with Gasteiger partial charge in [-0.3, -0.25) is 23.4 Å².